The number of rotatable bonds is 2. The lowest BCUT2D eigenvalue weighted by molar-refractivity contribution is -0.561. The topological polar surface area (TPSA) is 95.2 Å². The molecule has 1 aliphatic rings. The number of allylic oxidation sites excluding steroid dienone is 2. The molecule has 0 heterocycles. The van der Waals surface area contributed by atoms with Gasteiger partial charge in [0.15, 0.2) is 0 Å². The third-order valence-corrected chi connectivity index (χ3v) is 3.25. The van der Waals surface area contributed by atoms with Crippen LogP contribution in [0.15, 0.2) is 42.5 Å². The van der Waals surface area contributed by atoms with E-state index in [1.165, 1.54) is 6.08 Å². The van der Waals surface area contributed by atoms with Crippen LogP contribution in [0.2, 0.25) is 0 Å². The summed E-state index contributed by atoms with van der Waals surface area (Å²) in [5, 5.41) is 11.0. The average Bonchev–Trinajstić information content (AvgIpc) is 2.33. The molecule has 0 bridgehead atoms. The number of benzene rings is 1. The van der Waals surface area contributed by atoms with E-state index in [1.54, 1.807) is 25.1 Å². The Morgan fingerprint density at radius 1 is 1.32 bits per heavy atom. The number of nitrogens with two attached hydrogens (primary N) is 2. The van der Waals surface area contributed by atoms with Crippen LogP contribution in [0.1, 0.15) is 12.5 Å². The zero-order valence-electron chi connectivity index (χ0n) is 10.4. The van der Waals surface area contributed by atoms with Crippen molar-refractivity contribution < 1.29 is 4.92 Å². The summed E-state index contributed by atoms with van der Waals surface area (Å²) in [6.45, 7) is 1.74. The van der Waals surface area contributed by atoms with Gasteiger partial charge in [-0.1, -0.05) is 31.2 Å². The van der Waals surface area contributed by atoms with Gasteiger partial charge in [-0.3, -0.25) is 15.8 Å². The molecule has 0 amide bonds. The minimum atomic E-state index is -1.52. The highest BCUT2D eigenvalue weighted by Gasteiger charge is 2.42. The molecule has 2 atom stereocenters. The first kappa shape index (κ1) is 15.2. The summed E-state index contributed by atoms with van der Waals surface area (Å²) in [6.07, 6.45) is 4.95. The first-order chi connectivity index (χ1) is 8.43. The molecule has 0 aromatic heterocycles. The average molecular weight is 282 g/mol. The largest absolute Gasteiger partial charge is 0.399 e. The van der Waals surface area contributed by atoms with Crippen LogP contribution in [0.3, 0.4) is 0 Å². The zero-order valence-corrected chi connectivity index (χ0v) is 11.3. The number of nitrogen functional groups attached to an aromatic ring is 1. The van der Waals surface area contributed by atoms with Gasteiger partial charge in [0.05, 0.1) is 5.92 Å². The summed E-state index contributed by atoms with van der Waals surface area (Å²) in [5.41, 5.74) is 12.4. The fraction of sp³-hybridized carbons (Fsp3) is 0.231. The van der Waals surface area contributed by atoms with Crippen LogP contribution in [0.25, 0.3) is 5.57 Å². The van der Waals surface area contributed by atoms with Crippen LogP contribution in [-0.4, -0.2) is 10.6 Å². The van der Waals surface area contributed by atoms with E-state index in [4.69, 9.17) is 11.5 Å². The van der Waals surface area contributed by atoms with E-state index in [0.717, 1.165) is 11.1 Å². The third-order valence-electron chi connectivity index (χ3n) is 3.25. The van der Waals surface area contributed by atoms with Gasteiger partial charge >= 0.3 is 0 Å². The van der Waals surface area contributed by atoms with E-state index in [9.17, 15) is 10.1 Å². The smallest absolute Gasteiger partial charge is 0.297 e. The zero-order chi connectivity index (χ0) is 13.3. The first-order valence-corrected chi connectivity index (χ1v) is 5.64. The quantitative estimate of drug-likeness (QED) is 0.376. The molecule has 0 saturated carbocycles. The minimum absolute atomic E-state index is 0. The summed E-state index contributed by atoms with van der Waals surface area (Å²) < 4.78 is 0. The van der Waals surface area contributed by atoms with Gasteiger partial charge in [0.2, 0.25) is 0 Å². The van der Waals surface area contributed by atoms with E-state index in [2.05, 4.69) is 0 Å². The lowest BCUT2D eigenvalue weighted by atomic mass is 9.86. The summed E-state index contributed by atoms with van der Waals surface area (Å²) >= 11 is 0. The first-order valence-electron chi connectivity index (χ1n) is 5.64. The van der Waals surface area contributed by atoms with Crippen molar-refractivity contribution in [3.63, 3.8) is 0 Å². The second-order valence-electron chi connectivity index (χ2n) is 4.51. The number of halogens is 1. The van der Waals surface area contributed by atoms with Crippen LogP contribution >= 0.6 is 12.4 Å². The van der Waals surface area contributed by atoms with E-state index in [1.807, 2.05) is 18.2 Å². The molecule has 5 nitrogen and oxygen atoms in total. The Hall–Kier alpha value is -1.85. The van der Waals surface area contributed by atoms with Crippen molar-refractivity contribution in [3.05, 3.63) is 58.2 Å². The van der Waals surface area contributed by atoms with Crippen molar-refractivity contribution in [2.75, 3.05) is 5.73 Å². The normalized spacial score (nSPS) is 25.4. The van der Waals surface area contributed by atoms with Gasteiger partial charge in [0.25, 0.3) is 5.66 Å². The molecule has 1 aromatic rings. The van der Waals surface area contributed by atoms with Gasteiger partial charge in [-0.25, -0.2) is 0 Å². The maximum atomic E-state index is 11.0. The highest BCUT2D eigenvalue weighted by Crippen LogP contribution is 2.30. The number of anilines is 1. The Balaban J connectivity index is 0.00000180. The fourth-order valence-corrected chi connectivity index (χ4v) is 1.93. The number of hydrogen-bond acceptors (Lipinski definition) is 4. The van der Waals surface area contributed by atoms with E-state index in [-0.39, 0.29) is 18.3 Å². The van der Waals surface area contributed by atoms with Gasteiger partial charge in [-0.15, -0.1) is 12.4 Å². The summed E-state index contributed by atoms with van der Waals surface area (Å²) in [7, 11) is 0. The molecule has 0 fully saturated rings. The van der Waals surface area contributed by atoms with Crippen molar-refractivity contribution >= 4 is 23.7 Å². The van der Waals surface area contributed by atoms with Gasteiger partial charge in [-0.05, 0) is 23.3 Å². The van der Waals surface area contributed by atoms with Crippen LogP contribution < -0.4 is 11.5 Å². The van der Waals surface area contributed by atoms with Gasteiger partial charge in [0, 0.05) is 16.7 Å². The predicted molar refractivity (Wildman–Crippen MR) is 78.3 cm³/mol. The number of nitro groups is 1. The molecule has 2 rings (SSSR count). The van der Waals surface area contributed by atoms with Crippen molar-refractivity contribution in [1.82, 2.24) is 0 Å². The second kappa shape index (κ2) is 5.42. The van der Waals surface area contributed by atoms with Crippen molar-refractivity contribution in [3.8, 4) is 0 Å². The monoisotopic (exact) mass is 281 g/mol. The molecule has 6 heteroatoms. The second-order valence-corrected chi connectivity index (χ2v) is 4.51. The Labute approximate surface area is 117 Å². The van der Waals surface area contributed by atoms with Crippen LogP contribution in [0, 0.1) is 16.0 Å². The third kappa shape index (κ3) is 2.77. The predicted octanol–water partition coefficient (Wildman–Crippen LogP) is 2.21. The molecule has 0 radical (unpaired) electrons. The Kier molecular flexibility index (Phi) is 4.34. The van der Waals surface area contributed by atoms with Crippen LogP contribution in [0.5, 0.6) is 0 Å². The Morgan fingerprint density at radius 3 is 2.37 bits per heavy atom. The summed E-state index contributed by atoms with van der Waals surface area (Å²) in [6, 6.07) is 7.36. The summed E-state index contributed by atoms with van der Waals surface area (Å²) in [4.78, 5) is 10.5. The highest BCUT2D eigenvalue weighted by molar-refractivity contribution is 5.85. The summed E-state index contributed by atoms with van der Waals surface area (Å²) in [5.74, 6) is -0.370. The van der Waals surface area contributed by atoms with Gasteiger partial charge in [0.1, 0.15) is 0 Å². The van der Waals surface area contributed by atoms with Crippen molar-refractivity contribution in [1.29, 1.82) is 0 Å². The number of nitrogens with zero attached hydrogens (tertiary/aromatic N) is 1. The lowest BCUT2D eigenvalue weighted by Gasteiger charge is -2.25. The Morgan fingerprint density at radius 2 is 1.89 bits per heavy atom. The lowest BCUT2D eigenvalue weighted by Crippen LogP contribution is -2.51. The van der Waals surface area contributed by atoms with E-state index < -0.39 is 10.6 Å². The van der Waals surface area contributed by atoms with Crippen molar-refractivity contribution in [2.24, 2.45) is 11.7 Å². The number of hydrogen-bond donors (Lipinski definition) is 2. The van der Waals surface area contributed by atoms with Gasteiger partial charge in [-0.2, -0.15) is 0 Å². The molecule has 19 heavy (non-hydrogen) atoms. The van der Waals surface area contributed by atoms with E-state index in [0.29, 0.717) is 5.69 Å². The SMILES string of the molecule is CC1C=C(c2ccc(N)cc2)C=CC1(N)[N+](=O)[O-].Cl. The fourth-order valence-electron chi connectivity index (χ4n) is 1.93. The Bertz CT molecular complexity index is 539. The van der Waals surface area contributed by atoms with Crippen LogP contribution in [0.4, 0.5) is 5.69 Å². The van der Waals surface area contributed by atoms with Gasteiger partial charge < -0.3 is 5.73 Å². The van der Waals surface area contributed by atoms with Crippen molar-refractivity contribution in [2.45, 2.75) is 12.6 Å². The molecule has 0 saturated heterocycles. The molecule has 1 aliphatic carbocycles. The molecule has 102 valence electrons. The van der Waals surface area contributed by atoms with Crippen LogP contribution in [-0.2, 0) is 0 Å². The molecular formula is C13H16ClN3O2. The molecule has 1 aromatic carbocycles. The van der Waals surface area contributed by atoms with E-state index >= 15 is 0 Å². The maximum Gasteiger partial charge on any atom is 0.297 e. The highest BCUT2D eigenvalue weighted by atomic mass is 35.5. The molecule has 0 aliphatic heterocycles. The molecule has 0 spiro atoms. The molecule has 4 N–H and O–H groups in total. The maximum absolute atomic E-state index is 11.0. The molecular weight excluding hydrogens is 266 g/mol. The standard InChI is InChI=1S/C13H15N3O2.ClH/c1-9-8-11(6-7-13(9,15)16(17)18)10-2-4-12(14)5-3-10;/h2-9H,14-15H2,1H3;1H. The molecule has 2 unspecified atom stereocenters. The minimum Gasteiger partial charge on any atom is -0.399 e.